The molecule has 180 valence electrons. The van der Waals surface area contributed by atoms with E-state index >= 15 is 0 Å². The number of hydrogen-bond donors (Lipinski definition) is 1. The number of hydrogen-bond acceptors (Lipinski definition) is 3. The van der Waals surface area contributed by atoms with E-state index < -0.39 is 18.0 Å². The van der Waals surface area contributed by atoms with Gasteiger partial charge in [-0.05, 0) is 35.9 Å². The Bertz CT molecular complexity index is 1320. The molecule has 0 fully saturated rings. The Morgan fingerprint density at radius 1 is 1.03 bits per heavy atom. The summed E-state index contributed by atoms with van der Waals surface area (Å²) in [4.78, 5) is 14.3. The molecule has 0 aliphatic heterocycles. The third-order valence-electron chi connectivity index (χ3n) is 5.49. The summed E-state index contributed by atoms with van der Waals surface area (Å²) in [6, 6.07) is 22.6. The lowest BCUT2D eigenvalue weighted by atomic mass is 10.1. The standard InChI is InChI=1S/C26H21ClF3N3O2/c1-32(16-23(34)18-7-3-2-4-8-18)25(35)19-13-11-17(12-14-19)22-15-24(26(28,29)30)31-33(22)21-10-6-5-9-20(21)27/h2-15,23,34H,16H2,1H3. The molecule has 1 atom stereocenters. The zero-order valence-corrected chi connectivity index (χ0v) is 19.3. The second kappa shape index (κ2) is 9.93. The Kier molecular flexibility index (Phi) is 6.95. The first-order valence-electron chi connectivity index (χ1n) is 10.7. The number of carbonyl (C=O) groups excluding carboxylic acids is 1. The van der Waals surface area contributed by atoms with Gasteiger partial charge in [-0.15, -0.1) is 0 Å². The Balaban J connectivity index is 1.60. The zero-order chi connectivity index (χ0) is 25.2. The van der Waals surface area contributed by atoms with Crippen LogP contribution in [0, 0.1) is 0 Å². The second-order valence-corrected chi connectivity index (χ2v) is 8.37. The molecule has 3 aromatic carbocycles. The van der Waals surface area contributed by atoms with Crippen LogP contribution in [0.1, 0.15) is 27.7 Å². The minimum absolute atomic E-state index is 0.0822. The minimum atomic E-state index is -4.64. The van der Waals surface area contributed by atoms with Crippen LogP contribution in [0.2, 0.25) is 5.02 Å². The van der Waals surface area contributed by atoms with Crippen LogP contribution in [0.3, 0.4) is 0 Å². The molecule has 0 aliphatic rings. The van der Waals surface area contributed by atoms with Gasteiger partial charge >= 0.3 is 6.18 Å². The number of aliphatic hydroxyl groups excluding tert-OH is 1. The highest BCUT2D eigenvalue weighted by Gasteiger charge is 2.35. The number of para-hydroxylation sites is 1. The summed E-state index contributed by atoms with van der Waals surface area (Å²) in [6.45, 7) is 0.0822. The monoisotopic (exact) mass is 499 g/mol. The van der Waals surface area contributed by atoms with Gasteiger partial charge in [0.25, 0.3) is 5.91 Å². The molecule has 4 aromatic rings. The van der Waals surface area contributed by atoms with Crippen LogP contribution in [0.15, 0.2) is 84.9 Å². The number of benzene rings is 3. The summed E-state index contributed by atoms with van der Waals surface area (Å²) < 4.78 is 41.4. The summed E-state index contributed by atoms with van der Waals surface area (Å²) in [5, 5.41) is 14.4. The Morgan fingerprint density at radius 3 is 2.29 bits per heavy atom. The quantitative estimate of drug-likeness (QED) is 0.353. The van der Waals surface area contributed by atoms with Gasteiger partial charge in [0.05, 0.1) is 29.1 Å². The van der Waals surface area contributed by atoms with Gasteiger partial charge in [0.2, 0.25) is 0 Å². The van der Waals surface area contributed by atoms with Crippen molar-refractivity contribution in [1.29, 1.82) is 0 Å². The van der Waals surface area contributed by atoms with E-state index in [0.717, 1.165) is 10.7 Å². The fourth-order valence-electron chi connectivity index (χ4n) is 3.66. The van der Waals surface area contributed by atoms with E-state index in [4.69, 9.17) is 11.6 Å². The number of aromatic nitrogens is 2. The summed E-state index contributed by atoms with van der Waals surface area (Å²) in [6.07, 6.45) is -5.49. The first-order valence-corrected chi connectivity index (χ1v) is 11.0. The third-order valence-corrected chi connectivity index (χ3v) is 5.81. The van der Waals surface area contributed by atoms with Crippen molar-refractivity contribution in [1.82, 2.24) is 14.7 Å². The number of aliphatic hydroxyl groups is 1. The molecule has 1 heterocycles. The predicted molar refractivity (Wildman–Crippen MR) is 127 cm³/mol. The van der Waals surface area contributed by atoms with E-state index in [1.807, 2.05) is 6.07 Å². The molecule has 4 rings (SSSR count). The molecule has 0 aliphatic carbocycles. The molecule has 0 radical (unpaired) electrons. The maximum atomic E-state index is 13.4. The fraction of sp³-hybridized carbons (Fsp3) is 0.154. The minimum Gasteiger partial charge on any atom is -0.387 e. The molecule has 35 heavy (non-hydrogen) atoms. The van der Waals surface area contributed by atoms with Crippen molar-refractivity contribution in [3.8, 4) is 16.9 Å². The number of rotatable bonds is 6. The van der Waals surface area contributed by atoms with Crippen molar-refractivity contribution in [2.24, 2.45) is 0 Å². The summed E-state index contributed by atoms with van der Waals surface area (Å²) in [7, 11) is 1.57. The topological polar surface area (TPSA) is 58.4 Å². The van der Waals surface area contributed by atoms with Crippen LogP contribution in [-0.2, 0) is 6.18 Å². The first kappa shape index (κ1) is 24.5. The van der Waals surface area contributed by atoms with Crippen molar-refractivity contribution in [3.63, 3.8) is 0 Å². The number of halogens is 4. The van der Waals surface area contributed by atoms with E-state index in [-0.39, 0.29) is 23.2 Å². The predicted octanol–water partition coefficient (Wildman–Crippen LogP) is 6.02. The van der Waals surface area contributed by atoms with E-state index in [9.17, 15) is 23.1 Å². The molecule has 1 aromatic heterocycles. The molecule has 0 saturated heterocycles. The molecule has 0 bridgehead atoms. The molecular weight excluding hydrogens is 479 g/mol. The largest absolute Gasteiger partial charge is 0.435 e. The zero-order valence-electron chi connectivity index (χ0n) is 18.6. The van der Waals surface area contributed by atoms with Crippen molar-refractivity contribution in [2.75, 3.05) is 13.6 Å². The second-order valence-electron chi connectivity index (χ2n) is 7.97. The Hall–Kier alpha value is -3.62. The van der Waals surface area contributed by atoms with E-state index in [0.29, 0.717) is 22.4 Å². The van der Waals surface area contributed by atoms with Gasteiger partial charge < -0.3 is 10.0 Å². The molecule has 0 saturated carbocycles. The normalized spacial score (nSPS) is 12.4. The van der Waals surface area contributed by atoms with Crippen molar-refractivity contribution in [3.05, 3.63) is 107 Å². The smallest absolute Gasteiger partial charge is 0.387 e. The van der Waals surface area contributed by atoms with Crippen LogP contribution in [-0.4, -0.2) is 39.3 Å². The molecule has 1 N–H and O–H groups in total. The van der Waals surface area contributed by atoms with Gasteiger partial charge in [-0.2, -0.15) is 18.3 Å². The lowest BCUT2D eigenvalue weighted by Crippen LogP contribution is -2.31. The van der Waals surface area contributed by atoms with Crippen molar-refractivity contribution in [2.45, 2.75) is 12.3 Å². The fourth-order valence-corrected chi connectivity index (χ4v) is 3.88. The molecule has 1 amide bonds. The van der Waals surface area contributed by atoms with Crippen LogP contribution >= 0.6 is 11.6 Å². The number of alkyl halides is 3. The summed E-state index contributed by atoms with van der Waals surface area (Å²) in [5.41, 5.74) is 0.873. The lowest BCUT2D eigenvalue weighted by Gasteiger charge is -2.21. The Morgan fingerprint density at radius 2 is 1.66 bits per heavy atom. The summed E-state index contributed by atoms with van der Waals surface area (Å²) >= 11 is 6.22. The SMILES string of the molecule is CN(CC(O)c1ccccc1)C(=O)c1ccc(-c2cc(C(F)(F)F)nn2-c2ccccc2Cl)cc1. The molecule has 0 spiro atoms. The van der Waals surface area contributed by atoms with E-state index in [2.05, 4.69) is 5.10 Å². The molecular formula is C26H21ClF3N3O2. The molecule has 1 unspecified atom stereocenters. The van der Waals surface area contributed by atoms with Crippen LogP contribution in [0.5, 0.6) is 0 Å². The van der Waals surface area contributed by atoms with Gasteiger partial charge in [0.15, 0.2) is 5.69 Å². The average Bonchev–Trinajstić information content (AvgIpc) is 3.30. The molecule has 9 heteroatoms. The van der Waals surface area contributed by atoms with E-state index in [1.54, 1.807) is 67.7 Å². The van der Waals surface area contributed by atoms with Crippen molar-refractivity contribution < 1.29 is 23.1 Å². The average molecular weight is 500 g/mol. The number of nitrogens with zero attached hydrogens (tertiary/aromatic N) is 3. The number of amides is 1. The first-order chi connectivity index (χ1) is 16.6. The van der Waals surface area contributed by atoms with Gasteiger partial charge in [-0.25, -0.2) is 4.68 Å². The van der Waals surface area contributed by atoms with Crippen LogP contribution in [0.25, 0.3) is 16.9 Å². The maximum absolute atomic E-state index is 13.4. The lowest BCUT2D eigenvalue weighted by molar-refractivity contribution is -0.141. The maximum Gasteiger partial charge on any atom is 0.435 e. The number of likely N-dealkylation sites (N-methyl/N-ethyl adjacent to an activating group) is 1. The summed E-state index contributed by atoms with van der Waals surface area (Å²) in [5.74, 6) is -0.331. The van der Waals surface area contributed by atoms with Gasteiger partial charge in [0, 0.05) is 18.2 Å². The highest BCUT2D eigenvalue weighted by molar-refractivity contribution is 6.32. The van der Waals surface area contributed by atoms with Gasteiger partial charge in [-0.3, -0.25) is 4.79 Å². The molecule has 5 nitrogen and oxygen atoms in total. The highest BCUT2D eigenvalue weighted by atomic mass is 35.5. The van der Waals surface area contributed by atoms with Gasteiger partial charge in [0.1, 0.15) is 0 Å². The highest BCUT2D eigenvalue weighted by Crippen LogP contribution is 2.34. The van der Waals surface area contributed by atoms with Crippen molar-refractivity contribution >= 4 is 17.5 Å². The van der Waals surface area contributed by atoms with E-state index in [1.165, 1.54) is 17.0 Å². The third kappa shape index (κ3) is 5.39. The number of carbonyl (C=O) groups is 1. The van der Waals surface area contributed by atoms with Crippen LogP contribution in [0.4, 0.5) is 13.2 Å². The van der Waals surface area contributed by atoms with Gasteiger partial charge in [-0.1, -0.05) is 66.2 Å². The Labute approximate surface area is 205 Å². The van der Waals surface area contributed by atoms with Crippen LogP contribution < -0.4 is 0 Å².